The van der Waals surface area contributed by atoms with Gasteiger partial charge in [0, 0.05) is 33.4 Å². The fourth-order valence-electron chi connectivity index (χ4n) is 7.42. The van der Waals surface area contributed by atoms with Crippen LogP contribution in [0, 0.1) is 0 Å². The molecule has 9 aromatic carbocycles. The van der Waals surface area contributed by atoms with Crippen LogP contribution in [0.25, 0.3) is 72.0 Å². The molecule has 0 aliphatic carbocycles. The molecule has 0 N–H and O–H groups in total. The first kappa shape index (κ1) is 22.7. The van der Waals surface area contributed by atoms with Crippen LogP contribution in [0.4, 0.5) is 17.1 Å². The van der Waals surface area contributed by atoms with Gasteiger partial charge in [0.05, 0.1) is 33.2 Å². The minimum atomic E-state index is -0.688. The lowest BCUT2D eigenvalue weighted by molar-refractivity contribution is 1.18. The van der Waals surface area contributed by atoms with Gasteiger partial charge in [-0.15, -0.1) is 0 Å². The highest BCUT2D eigenvalue weighted by Crippen LogP contribution is 2.44. The van der Waals surface area contributed by atoms with Gasteiger partial charge in [0.15, 0.2) is 0 Å². The lowest BCUT2D eigenvalue weighted by Crippen LogP contribution is -2.11. The summed E-state index contributed by atoms with van der Waals surface area (Å²) >= 11 is 0. The molecule has 264 valence electrons. The molecule has 10 aromatic rings. The van der Waals surface area contributed by atoms with Crippen LogP contribution in [0.15, 0.2) is 230 Å². The summed E-state index contributed by atoms with van der Waals surface area (Å²) in [5.74, 6) is 0. The number of para-hydroxylation sites is 3. The summed E-state index contributed by atoms with van der Waals surface area (Å²) < 4.78 is 108. The molecule has 0 saturated heterocycles. The van der Waals surface area contributed by atoms with Crippen molar-refractivity contribution < 1.29 is 16.4 Å². The molecule has 1 aromatic heterocycles. The molecule has 0 radical (unpaired) electrons. The van der Waals surface area contributed by atoms with E-state index in [0.717, 1.165) is 49.4 Å². The summed E-state index contributed by atoms with van der Waals surface area (Å²) in [6.45, 7) is 0. The molecule has 0 saturated carbocycles. The van der Waals surface area contributed by atoms with Crippen LogP contribution < -0.4 is 4.90 Å². The second-order valence-electron chi connectivity index (χ2n) is 13.3. The first-order valence-corrected chi connectivity index (χ1v) is 18.2. The van der Waals surface area contributed by atoms with E-state index in [4.69, 9.17) is 12.3 Å². The molecule has 56 heavy (non-hydrogen) atoms. The van der Waals surface area contributed by atoms with Crippen molar-refractivity contribution in [2.24, 2.45) is 0 Å². The minimum absolute atomic E-state index is 0.00823. The lowest BCUT2D eigenvalue weighted by atomic mass is 9.94. The maximum Gasteiger partial charge on any atom is 0.0645 e. The Labute approximate surface area is 344 Å². The third kappa shape index (κ3) is 6.04. The van der Waals surface area contributed by atoms with Gasteiger partial charge in [-0.2, -0.15) is 0 Å². The lowest BCUT2D eigenvalue weighted by Gasteiger charge is -2.28. The van der Waals surface area contributed by atoms with Crippen molar-refractivity contribution in [2.75, 3.05) is 4.90 Å². The molecule has 10 rings (SSSR count). The smallest absolute Gasteiger partial charge is 0.0645 e. The zero-order valence-corrected chi connectivity index (χ0v) is 29.9. The highest BCUT2D eigenvalue weighted by molar-refractivity contribution is 6.16. The molecule has 0 unspecified atom stereocenters. The maximum absolute atomic E-state index is 9.44. The molecule has 0 aliphatic heterocycles. The molecule has 2 nitrogen and oxygen atoms in total. The third-order valence-electron chi connectivity index (χ3n) is 10.0. The first-order chi connectivity index (χ1) is 32.8. The molecule has 0 spiro atoms. The highest BCUT2D eigenvalue weighted by atomic mass is 15.1. The SMILES string of the molecule is [2H]c1c([2H])c([2H])c(-n2c3c([2H])c([2H])c([2H])c([2H])c3c3c(-c4cccc(-c5ccccc5N(c5ccc(-c6ccccc6)cc5)c5ccc(-c6ccccc6)cc5)c4)c([2H])c([2H])c([2H])c32)c([2H])c1[2H]. The van der Waals surface area contributed by atoms with Gasteiger partial charge >= 0.3 is 0 Å². The molecular weight excluding hydrogens is 677 g/mol. The van der Waals surface area contributed by atoms with E-state index in [-0.39, 0.29) is 33.4 Å². The monoisotopic (exact) mass is 726 g/mol. The summed E-state index contributed by atoms with van der Waals surface area (Å²) in [5.41, 5.74) is 7.92. The number of hydrogen-bond acceptors (Lipinski definition) is 1. The Morgan fingerprint density at radius 2 is 0.893 bits per heavy atom. The third-order valence-corrected chi connectivity index (χ3v) is 10.0. The average molecular weight is 727 g/mol. The fourth-order valence-corrected chi connectivity index (χ4v) is 7.42. The van der Waals surface area contributed by atoms with Crippen LogP contribution in [0.5, 0.6) is 0 Å². The standard InChI is InChI=1S/C54H38N2/c1-4-16-39(17-5-1)41-30-34-46(35-31-41)55(47-36-32-42(33-37-47)40-18-6-2-7-19-40)51-27-12-10-24-48(51)43-20-14-21-44(38-43)49-26-15-29-53-54(49)50-25-11-13-28-52(50)56(53)45-22-8-3-9-23-45/h1-38H/i3D,8D,9D,11D,13D,15D,22D,23D,25D,26D,28D,29D. The summed E-state index contributed by atoms with van der Waals surface area (Å²) in [6.07, 6.45) is 0. The van der Waals surface area contributed by atoms with Gasteiger partial charge < -0.3 is 9.47 Å². The van der Waals surface area contributed by atoms with Crippen LogP contribution in [0.2, 0.25) is 0 Å². The summed E-state index contributed by atoms with van der Waals surface area (Å²) in [6, 6.07) is 44.9. The van der Waals surface area contributed by atoms with E-state index in [1.807, 2.05) is 72.8 Å². The van der Waals surface area contributed by atoms with Crippen molar-refractivity contribution in [3.63, 3.8) is 0 Å². The summed E-state index contributed by atoms with van der Waals surface area (Å²) in [7, 11) is 0. The van der Waals surface area contributed by atoms with Gasteiger partial charge in [0.1, 0.15) is 0 Å². The van der Waals surface area contributed by atoms with Gasteiger partial charge in [-0.05, 0) is 99.5 Å². The molecule has 0 bridgehead atoms. The topological polar surface area (TPSA) is 8.17 Å². The van der Waals surface area contributed by atoms with Gasteiger partial charge in [0.25, 0.3) is 0 Å². The average Bonchev–Trinajstić information content (AvgIpc) is 3.72. The number of anilines is 3. The number of aromatic nitrogens is 1. The number of fused-ring (bicyclic) bond motifs is 3. The van der Waals surface area contributed by atoms with E-state index < -0.39 is 72.2 Å². The summed E-state index contributed by atoms with van der Waals surface area (Å²) in [4.78, 5) is 2.17. The van der Waals surface area contributed by atoms with Crippen molar-refractivity contribution in [2.45, 2.75) is 0 Å². The number of nitrogens with zero attached hydrogens (tertiary/aromatic N) is 2. The Morgan fingerprint density at radius 3 is 1.55 bits per heavy atom. The van der Waals surface area contributed by atoms with Crippen molar-refractivity contribution in [1.82, 2.24) is 4.57 Å². The quantitative estimate of drug-likeness (QED) is 0.151. The van der Waals surface area contributed by atoms with E-state index in [9.17, 15) is 4.11 Å². The van der Waals surface area contributed by atoms with Crippen molar-refractivity contribution in [1.29, 1.82) is 0 Å². The van der Waals surface area contributed by atoms with Crippen LogP contribution in [0.3, 0.4) is 0 Å². The molecule has 0 aliphatic rings. The van der Waals surface area contributed by atoms with E-state index in [0.29, 0.717) is 11.1 Å². The molecule has 0 fully saturated rings. The molecular formula is C54H38N2. The number of hydrogen-bond donors (Lipinski definition) is 0. The van der Waals surface area contributed by atoms with Gasteiger partial charge in [0.2, 0.25) is 0 Å². The van der Waals surface area contributed by atoms with Crippen LogP contribution in [0.1, 0.15) is 16.4 Å². The van der Waals surface area contributed by atoms with Crippen LogP contribution in [-0.4, -0.2) is 4.57 Å². The Balaban J connectivity index is 1.21. The largest absolute Gasteiger partial charge is 0.310 e. The van der Waals surface area contributed by atoms with E-state index in [2.05, 4.69) is 77.7 Å². The first-order valence-electron chi connectivity index (χ1n) is 24.2. The highest BCUT2D eigenvalue weighted by Gasteiger charge is 2.20. The van der Waals surface area contributed by atoms with Crippen molar-refractivity contribution in [3.05, 3.63) is 230 Å². The van der Waals surface area contributed by atoms with E-state index >= 15 is 0 Å². The summed E-state index contributed by atoms with van der Waals surface area (Å²) in [5, 5.41) is -0.112. The van der Waals surface area contributed by atoms with Crippen molar-refractivity contribution in [3.8, 4) is 50.2 Å². The molecule has 0 atom stereocenters. The fraction of sp³-hybridized carbons (Fsp3) is 0. The number of rotatable bonds is 8. The molecule has 2 heteroatoms. The zero-order valence-electron chi connectivity index (χ0n) is 41.9. The van der Waals surface area contributed by atoms with E-state index in [1.54, 1.807) is 12.1 Å². The predicted octanol–water partition coefficient (Wildman–Crippen LogP) is 14.9. The van der Waals surface area contributed by atoms with Crippen LogP contribution in [-0.2, 0) is 0 Å². The van der Waals surface area contributed by atoms with Gasteiger partial charge in [-0.1, -0.05) is 170 Å². The Kier molecular flexibility index (Phi) is 5.85. The van der Waals surface area contributed by atoms with Crippen molar-refractivity contribution >= 4 is 38.9 Å². The Hall–Kier alpha value is -7.42. The normalized spacial score (nSPS) is 14.2. The van der Waals surface area contributed by atoms with Crippen LogP contribution >= 0.6 is 0 Å². The maximum atomic E-state index is 9.44. The van der Waals surface area contributed by atoms with Gasteiger partial charge in [-0.3, -0.25) is 0 Å². The van der Waals surface area contributed by atoms with E-state index in [1.165, 1.54) is 0 Å². The minimum Gasteiger partial charge on any atom is -0.310 e. The zero-order chi connectivity index (χ0) is 47.7. The Morgan fingerprint density at radius 1 is 0.375 bits per heavy atom. The predicted molar refractivity (Wildman–Crippen MR) is 237 cm³/mol. The second kappa shape index (κ2) is 14.4. The van der Waals surface area contributed by atoms with Gasteiger partial charge in [-0.25, -0.2) is 0 Å². The second-order valence-corrected chi connectivity index (χ2v) is 13.3. The molecule has 1 heterocycles. The number of benzene rings is 9. The molecule has 0 amide bonds. The Bertz CT molecular complexity index is 3520.